The van der Waals surface area contributed by atoms with Gasteiger partial charge in [-0.15, -0.1) is 0 Å². The van der Waals surface area contributed by atoms with Gasteiger partial charge < -0.3 is 19.5 Å². The molecule has 6 nitrogen and oxygen atoms in total. The Kier molecular flexibility index (Phi) is 4.98. The molecule has 3 heterocycles. The molecule has 1 fully saturated rings. The van der Waals surface area contributed by atoms with Crippen molar-refractivity contribution in [2.45, 2.75) is 12.8 Å². The average molecular weight is 415 g/mol. The number of anilines is 1. The van der Waals surface area contributed by atoms with Crippen molar-refractivity contribution in [1.29, 1.82) is 0 Å². The second kappa shape index (κ2) is 7.95. The largest absolute Gasteiger partial charge is 0.495 e. The van der Waals surface area contributed by atoms with Crippen LogP contribution in [0.4, 0.5) is 5.69 Å². The highest BCUT2D eigenvalue weighted by Gasteiger charge is 2.38. The van der Waals surface area contributed by atoms with E-state index >= 15 is 0 Å². The zero-order chi connectivity index (χ0) is 21.4. The number of fused-ring (bicyclic) bond motifs is 1. The minimum atomic E-state index is -0.319. The number of carbonyl (C=O) groups excluding carboxylic acids is 2. The lowest BCUT2D eigenvalue weighted by molar-refractivity contribution is -0.135. The van der Waals surface area contributed by atoms with Gasteiger partial charge in [0.1, 0.15) is 5.75 Å². The molecule has 0 radical (unpaired) electrons. The van der Waals surface area contributed by atoms with Crippen LogP contribution in [0, 0.1) is 5.92 Å². The van der Waals surface area contributed by atoms with E-state index < -0.39 is 0 Å². The van der Waals surface area contributed by atoms with Crippen molar-refractivity contribution in [2.24, 2.45) is 5.92 Å². The molecule has 2 aromatic carbocycles. The first-order valence-corrected chi connectivity index (χ1v) is 10.6. The van der Waals surface area contributed by atoms with Gasteiger partial charge in [0.25, 0.3) is 0 Å². The third-order valence-corrected chi connectivity index (χ3v) is 6.31. The van der Waals surface area contributed by atoms with Gasteiger partial charge in [-0.1, -0.05) is 36.4 Å². The summed E-state index contributed by atoms with van der Waals surface area (Å²) in [4.78, 5) is 32.7. The third kappa shape index (κ3) is 3.48. The quantitative estimate of drug-likeness (QED) is 0.704. The van der Waals surface area contributed by atoms with Gasteiger partial charge in [0, 0.05) is 48.7 Å². The number of benzene rings is 2. The maximum atomic E-state index is 13.2. The number of methoxy groups -OCH3 is 1. The Morgan fingerprint density at radius 3 is 2.74 bits per heavy atom. The molecule has 5 rings (SSSR count). The van der Waals surface area contributed by atoms with Crippen molar-refractivity contribution in [1.82, 2.24) is 9.88 Å². The lowest BCUT2D eigenvalue weighted by Crippen LogP contribution is -2.39. The summed E-state index contributed by atoms with van der Waals surface area (Å²) in [6.07, 6.45) is 5.25. The highest BCUT2D eigenvalue weighted by Crippen LogP contribution is 2.34. The minimum absolute atomic E-state index is 0.0325. The number of hydrogen-bond acceptors (Lipinski definition) is 3. The molecule has 0 bridgehead atoms. The molecule has 3 aromatic rings. The van der Waals surface area contributed by atoms with Crippen LogP contribution >= 0.6 is 0 Å². The Morgan fingerprint density at radius 2 is 1.94 bits per heavy atom. The predicted octanol–water partition coefficient (Wildman–Crippen LogP) is 3.85. The number of carbonyl (C=O) groups is 2. The third-order valence-electron chi connectivity index (χ3n) is 6.31. The molecule has 2 amide bonds. The number of amides is 2. The molecule has 1 atom stereocenters. The molecule has 31 heavy (non-hydrogen) atoms. The normalized spacial score (nSPS) is 19.1. The lowest BCUT2D eigenvalue weighted by atomic mass is 9.97. The molecule has 2 aliphatic rings. The van der Waals surface area contributed by atoms with Crippen molar-refractivity contribution in [2.75, 3.05) is 31.6 Å². The number of aromatic nitrogens is 1. The standard InChI is InChI=1S/C25H25N3O3/c1-31-23-9-5-4-8-22(23)28-16-18(14-24(28)29)25(30)27-12-10-17(11-13-27)20-15-26-21-7-3-2-6-19(20)21/h2-10,15,18,26H,11-14,16H2,1H3/t18-/m1/s1. The summed E-state index contributed by atoms with van der Waals surface area (Å²) in [5.74, 6) is 0.350. The highest BCUT2D eigenvalue weighted by molar-refractivity contribution is 6.01. The zero-order valence-electron chi connectivity index (χ0n) is 17.5. The van der Waals surface area contributed by atoms with Gasteiger partial charge >= 0.3 is 0 Å². The Bertz CT molecular complexity index is 1180. The van der Waals surface area contributed by atoms with Crippen molar-refractivity contribution < 1.29 is 14.3 Å². The topological polar surface area (TPSA) is 65.6 Å². The molecule has 1 saturated heterocycles. The van der Waals surface area contributed by atoms with E-state index in [1.807, 2.05) is 41.3 Å². The first-order valence-electron chi connectivity index (χ1n) is 10.6. The first-order chi connectivity index (χ1) is 15.2. The number of hydrogen-bond donors (Lipinski definition) is 1. The number of H-pyrrole nitrogens is 1. The second-order valence-electron chi connectivity index (χ2n) is 8.09. The fourth-order valence-electron chi connectivity index (χ4n) is 4.67. The van der Waals surface area contributed by atoms with Crippen LogP contribution in [-0.2, 0) is 9.59 Å². The fraction of sp³-hybridized carbons (Fsp3) is 0.280. The number of ether oxygens (including phenoxy) is 1. The van der Waals surface area contributed by atoms with Gasteiger partial charge in [-0.25, -0.2) is 0 Å². The first kappa shape index (κ1) is 19.4. The van der Waals surface area contributed by atoms with E-state index in [4.69, 9.17) is 4.74 Å². The number of aromatic amines is 1. The minimum Gasteiger partial charge on any atom is -0.495 e. The molecule has 1 aromatic heterocycles. The van der Waals surface area contributed by atoms with E-state index in [0.29, 0.717) is 25.4 Å². The van der Waals surface area contributed by atoms with Crippen LogP contribution in [0.3, 0.4) is 0 Å². The van der Waals surface area contributed by atoms with Crippen molar-refractivity contribution in [3.05, 3.63) is 66.4 Å². The van der Waals surface area contributed by atoms with Gasteiger partial charge in [-0.3, -0.25) is 9.59 Å². The molecule has 158 valence electrons. The van der Waals surface area contributed by atoms with Crippen LogP contribution in [0.15, 0.2) is 60.8 Å². The SMILES string of the molecule is COc1ccccc1N1C[C@H](C(=O)N2CC=C(c3c[nH]c4ccccc34)CC2)CC1=O. The van der Waals surface area contributed by atoms with Crippen LogP contribution in [0.25, 0.3) is 16.5 Å². The number of para-hydroxylation sites is 3. The molecule has 2 aliphatic heterocycles. The lowest BCUT2D eigenvalue weighted by Gasteiger charge is -2.29. The molecule has 6 heteroatoms. The van der Waals surface area contributed by atoms with Gasteiger partial charge in [0.05, 0.1) is 18.7 Å². The Hall–Kier alpha value is -3.54. The zero-order valence-corrected chi connectivity index (χ0v) is 17.5. The van der Waals surface area contributed by atoms with E-state index in [0.717, 1.165) is 17.6 Å². The summed E-state index contributed by atoms with van der Waals surface area (Å²) in [6.45, 7) is 1.64. The summed E-state index contributed by atoms with van der Waals surface area (Å²) in [5.41, 5.74) is 4.32. The molecule has 0 saturated carbocycles. The Balaban J connectivity index is 1.29. The van der Waals surface area contributed by atoms with Gasteiger partial charge in [0.2, 0.25) is 11.8 Å². The van der Waals surface area contributed by atoms with Gasteiger partial charge in [-0.2, -0.15) is 0 Å². The fourth-order valence-corrected chi connectivity index (χ4v) is 4.67. The van der Waals surface area contributed by atoms with E-state index in [2.05, 4.69) is 29.4 Å². The number of nitrogens with one attached hydrogen (secondary N) is 1. The van der Waals surface area contributed by atoms with E-state index in [1.54, 1.807) is 12.0 Å². The highest BCUT2D eigenvalue weighted by atomic mass is 16.5. The molecule has 0 aliphatic carbocycles. The summed E-state index contributed by atoms with van der Waals surface area (Å²) in [5, 5.41) is 1.21. The number of nitrogens with zero attached hydrogens (tertiary/aromatic N) is 2. The van der Waals surface area contributed by atoms with E-state index in [-0.39, 0.29) is 24.2 Å². The second-order valence-corrected chi connectivity index (χ2v) is 8.09. The van der Waals surface area contributed by atoms with Gasteiger partial charge in [-0.05, 0) is 30.2 Å². The molecule has 0 unspecified atom stereocenters. The van der Waals surface area contributed by atoms with Crippen LogP contribution in [0.2, 0.25) is 0 Å². The van der Waals surface area contributed by atoms with Crippen molar-refractivity contribution >= 4 is 34.0 Å². The smallest absolute Gasteiger partial charge is 0.228 e. The maximum absolute atomic E-state index is 13.2. The van der Waals surface area contributed by atoms with Crippen LogP contribution in [-0.4, -0.2) is 48.4 Å². The maximum Gasteiger partial charge on any atom is 0.228 e. The van der Waals surface area contributed by atoms with E-state index in [1.165, 1.54) is 16.5 Å². The summed E-state index contributed by atoms with van der Waals surface area (Å²) >= 11 is 0. The Morgan fingerprint density at radius 1 is 1.13 bits per heavy atom. The average Bonchev–Trinajstić information content (AvgIpc) is 3.42. The van der Waals surface area contributed by atoms with Crippen molar-refractivity contribution in [3.63, 3.8) is 0 Å². The van der Waals surface area contributed by atoms with Crippen molar-refractivity contribution in [3.8, 4) is 5.75 Å². The summed E-state index contributed by atoms with van der Waals surface area (Å²) in [7, 11) is 1.59. The van der Waals surface area contributed by atoms with Crippen LogP contribution in [0.1, 0.15) is 18.4 Å². The predicted molar refractivity (Wildman–Crippen MR) is 121 cm³/mol. The Labute approximate surface area is 181 Å². The van der Waals surface area contributed by atoms with Crippen LogP contribution < -0.4 is 9.64 Å². The monoisotopic (exact) mass is 415 g/mol. The number of rotatable bonds is 4. The summed E-state index contributed by atoms with van der Waals surface area (Å²) < 4.78 is 5.40. The molecule has 0 spiro atoms. The van der Waals surface area contributed by atoms with E-state index in [9.17, 15) is 9.59 Å². The summed E-state index contributed by atoms with van der Waals surface area (Å²) in [6, 6.07) is 15.7. The molecular weight excluding hydrogens is 390 g/mol. The molecule has 1 N–H and O–H groups in total. The van der Waals surface area contributed by atoms with Gasteiger partial charge in [0.15, 0.2) is 0 Å². The molecular formula is C25H25N3O3. The van der Waals surface area contributed by atoms with Crippen LogP contribution in [0.5, 0.6) is 5.75 Å².